The normalized spacial score (nSPS) is 11.1. The van der Waals surface area contributed by atoms with E-state index in [-0.39, 0.29) is 24.2 Å². The second-order valence-corrected chi connectivity index (χ2v) is 4.02. The zero-order chi connectivity index (χ0) is 13.0. The fraction of sp³-hybridized carbons (Fsp3) is 0.333. The van der Waals surface area contributed by atoms with Crippen LogP contribution in [0.1, 0.15) is 17.3 Å². The first kappa shape index (κ1) is 16.4. The summed E-state index contributed by atoms with van der Waals surface area (Å²) in [5, 5.41) is 2.63. The number of nitrogens with zero attached hydrogens (tertiary/aromatic N) is 1. The van der Waals surface area contributed by atoms with Crippen molar-refractivity contribution in [1.82, 2.24) is 4.90 Å². The van der Waals surface area contributed by atoms with Crippen LogP contribution in [0.25, 0.3) is 0 Å². The summed E-state index contributed by atoms with van der Waals surface area (Å²) in [5.74, 6) is -0.477. The number of hydrogen-bond donors (Lipinski definition) is 2. The van der Waals surface area contributed by atoms with Crippen molar-refractivity contribution >= 4 is 29.9 Å². The molecule has 6 heteroatoms. The number of anilines is 1. The molecule has 0 aliphatic rings. The monoisotopic (exact) mass is 271 g/mol. The van der Waals surface area contributed by atoms with Crippen LogP contribution in [0.3, 0.4) is 0 Å². The number of amides is 2. The SMILES string of the molecule is CC(N)C(=O)Nc1ccccc1C(=O)N(C)C.Cl. The second kappa shape index (κ2) is 6.98. The smallest absolute Gasteiger partial charge is 0.255 e. The van der Waals surface area contributed by atoms with Crippen LogP contribution in [0.5, 0.6) is 0 Å². The number of halogens is 1. The molecule has 0 aliphatic heterocycles. The maximum absolute atomic E-state index is 11.9. The lowest BCUT2D eigenvalue weighted by Crippen LogP contribution is -2.33. The van der Waals surface area contributed by atoms with E-state index in [1.807, 2.05) is 0 Å². The summed E-state index contributed by atoms with van der Waals surface area (Å²) in [6.07, 6.45) is 0. The van der Waals surface area contributed by atoms with Crippen LogP contribution in [0.4, 0.5) is 5.69 Å². The minimum absolute atomic E-state index is 0. The van der Waals surface area contributed by atoms with Gasteiger partial charge in [-0.3, -0.25) is 9.59 Å². The number of carbonyl (C=O) groups is 2. The Morgan fingerprint density at radius 3 is 2.33 bits per heavy atom. The lowest BCUT2D eigenvalue weighted by atomic mass is 10.1. The van der Waals surface area contributed by atoms with Crippen molar-refractivity contribution in [2.24, 2.45) is 5.73 Å². The molecule has 0 spiro atoms. The Balaban J connectivity index is 0.00000289. The number of nitrogens with two attached hydrogens (primary N) is 1. The molecule has 1 rings (SSSR count). The van der Waals surface area contributed by atoms with E-state index in [4.69, 9.17) is 5.73 Å². The molecule has 18 heavy (non-hydrogen) atoms. The standard InChI is InChI=1S/C12H17N3O2.ClH/c1-8(13)11(16)14-10-7-5-4-6-9(10)12(17)15(2)3;/h4-8H,13H2,1-3H3,(H,14,16);1H. The van der Waals surface area contributed by atoms with E-state index in [9.17, 15) is 9.59 Å². The van der Waals surface area contributed by atoms with Crippen molar-refractivity contribution < 1.29 is 9.59 Å². The van der Waals surface area contributed by atoms with Gasteiger partial charge in [0, 0.05) is 14.1 Å². The number of carbonyl (C=O) groups excluding carboxylic acids is 2. The minimum Gasteiger partial charge on any atom is -0.345 e. The first-order valence-electron chi connectivity index (χ1n) is 5.30. The largest absolute Gasteiger partial charge is 0.345 e. The summed E-state index contributed by atoms with van der Waals surface area (Å²) in [7, 11) is 3.32. The Labute approximate surface area is 113 Å². The molecule has 3 N–H and O–H groups in total. The quantitative estimate of drug-likeness (QED) is 0.864. The van der Waals surface area contributed by atoms with E-state index >= 15 is 0 Å². The van der Waals surface area contributed by atoms with E-state index in [2.05, 4.69) is 5.32 Å². The maximum Gasteiger partial charge on any atom is 0.255 e. The molecule has 0 saturated carbocycles. The number of hydrogen-bond acceptors (Lipinski definition) is 3. The number of nitrogens with one attached hydrogen (secondary N) is 1. The van der Waals surface area contributed by atoms with Crippen LogP contribution in [0.2, 0.25) is 0 Å². The highest BCUT2D eigenvalue weighted by atomic mass is 35.5. The van der Waals surface area contributed by atoms with Crippen molar-refractivity contribution in [3.8, 4) is 0 Å². The van der Waals surface area contributed by atoms with Gasteiger partial charge >= 0.3 is 0 Å². The molecule has 0 aliphatic carbocycles. The molecule has 1 unspecified atom stereocenters. The molecule has 0 aromatic heterocycles. The molecule has 2 amide bonds. The third kappa shape index (κ3) is 4.01. The third-order valence-electron chi connectivity index (χ3n) is 2.24. The Kier molecular flexibility index (Phi) is 6.36. The van der Waals surface area contributed by atoms with Crippen LogP contribution >= 0.6 is 12.4 Å². The fourth-order valence-corrected chi connectivity index (χ4v) is 1.27. The molecule has 0 radical (unpaired) electrons. The predicted octanol–water partition coefficient (Wildman–Crippen LogP) is 1.10. The summed E-state index contributed by atoms with van der Waals surface area (Å²) in [6, 6.07) is 6.23. The second-order valence-electron chi connectivity index (χ2n) is 4.02. The van der Waals surface area contributed by atoms with Crippen molar-refractivity contribution in [3.05, 3.63) is 29.8 Å². The van der Waals surface area contributed by atoms with E-state index in [0.717, 1.165) is 0 Å². The molecule has 0 heterocycles. The van der Waals surface area contributed by atoms with Gasteiger partial charge in [0.05, 0.1) is 17.3 Å². The Morgan fingerprint density at radius 2 is 1.83 bits per heavy atom. The zero-order valence-electron chi connectivity index (χ0n) is 10.6. The van der Waals surface area contributed by atoms with Crippen LogP contribution in [-0.2, 0) is 4.79 Å². The third-order valence-corrected chi connectivity index (χ3v) is 2.24. The number of rotatable bonds is 3. The van der Waals surface area contributed by atoms with E-state index in [1.165, 1.54) is 4.90 Å². The van der Waals surface area contributed by atoms with Crippen LogP contribution < -0.4 is 11.1 Å². The van der Waals surface area contributed by atoms with Gasteiger partial charge in [0.25, 0.3) is 5.91 Å². The minimum atomic E-state index is -0.613. The first-order valence-corrected chi connectivity index (χ1v) is 5.30. The van der Waals surface area contributed by atoms with Crippen molar-refractivity contribution in [3.63, 3.8) is 0 Å². The van der Waals surface area contributed by atoms with Gasteiger partial charge in [0.1, 0.15) is 0 Å². The van der Waals surface area contributed by atoms with Gasteiger partial charge in [-0.2, -0.15) is 0 Å². The molecular formula is C12H18ClN3O2. The van der Waals surface area contributed by atoms with E-state index in [0.29, 0.717) is 11.3 Å². The Morgan fingerprint density at radius 1 is 1.28 bits per heavy atom. The van der Waals surface area contributed by atoms with E-state index in [1.54, 1.807) is 45.3 Å². The molecule has 1 aromatic rings. The molecule has 100 valence electrons. The highest BCUT2D eigenvalue weighted by molar-refractivity contribution is 6.04. The van der Waals surface area contributed by atoms with Crippen molar-refractivity contribution in [1.29, 1.82) is 0 Å². The summed E-state index contributed by atoms with van der Waals surface area (Å²) in [4.78, 5) is 24.8. The molecule has 1 aromatic carbocycles. The van der Waals surface area contributed by atoms with Crippen molar-refractivity contribution in [2.75, 3.05) is 19.4 Å². The molecule has 0 fully saturated rings. The number of para-hydroxylation sites is 1. The van der Waals surface area contributed by atoms with Crippen molar-refractivity contribution in [2.45, 2.75) is 13.0 Å². The van der Waals surface area contributed by atoms with Gasteiger partial charge in [-0.1, -0.05) is 12.1 Å². The van der Waals surface area contributed by atoms with E-state index < -0.39 is 6.04 Å². The molecule has 1 atom stereocenters. The van der Waals surface area contributed by atoms with Gasteiger partial charge in [-0.25, -0.2) is 0 Å². The summed E-state index contributed by atoms with van der Waals surface area (Å²) >= 11 is 0. The predicted molar refractivity (Wildman–Crippen MR) is 74.0 cm³/mol. The highest BCUT2D eigenvalue weighted by Gasteiger charge is 2.15. The van der Waals surface area contributed by atoms with Crippen LogP contribution in [0.15, 0.2) is 24.3 Å². The van der Waals surface area contributed by atoms with Gasteiger partial charge in [-0.05, 0) is 19.1 Å². The van der Waals surface area contributed by atoms with Crippen LogP contribution in [-0.4, -0.2) is 36.9 Å². The summed E-state index contributed by atoms with van der Waals surface area (Å²) < 4.78 is 0. The van der Waals surface area contributed by atoms with Gasteiger partial charge in [0.2, 0.25) is 5.91 Å². The highest BCUT2D eigenvalue weighted by Crippen LogP contribution is 2.16. The fourth-order valence-electron chi connectivity index (χ4n) is 1.27. The number of benzene rings is 1. The molecule has 0 bridgehead atoms. The Hall–Kier alpha value is -1.59. The zero-order valence-corrected chi connectivity index (χ0v) is 11.5. The lowest BCUT2D eigenvalue weighted by molar-refractivity contribution is -0.117. The average molecular weight is 272 g/mol. The maximum atomic E-state index is 11.9. The summed E-state index contributed by atoms with van der Waals surface area (Å²) in [5.41, 5.74) is 6.39. The molecule has 5 nitrogen and oxygen atoms in total. The molecule has 0 saturated heterocycles. The van der Waals surface area contributed by atoms with Gasteiger partial charge in [-0.15, -0.1) is 12.4 Å². The topological polar surface area (TPSA) is 75.4 Å². The summed E-state index contributed by atoms with van der Waals surface area (Å²) in [6.45, 7) is 1.59. The molecular weight excluding hydrogens is 254 g/mol. The first-order chi connectivity index (χ1) is 7.93. The van der Waals surface area contributed by atoms with Gasteiger partial charge in [0.15, 0.2) is 0 Å². The average Bonchev–Trinajstić information content (AvgIpc) is 2.28. The van der Waals surface area contributed by atoms with Crippen LogP contribution in [0, 0.1) is 0 Å². The van der Waals surface area contributed by atoms with Gasteiger partial charge < -0.3 is 16.0 Å². The lowest BCUT2D eigenvalue weighted by Gasteiger charge is -2.15. The Bertz CT molecular complexity index is 433.